The van der Waals surface area contributed by atoms with Crippen molar-refractivity contribution < 1.29 is 34.2 Å². The molecular weight excluding hydrogens is 636 g/mol. The standard InChI is InChI=1S/C39H60N4O7/c1-2-3-4-5-6-7-8-9-10-11-12-13-14-15-16-21-36(46)42-26-18-20-34(42)38(48)43-27-17-19-33(43)37(47)40-29-35(45)41-32(39(49)50)28-30-22-24-31(44)25-23-30/h9-10,22-25,32-34,44H,2-8,11-21,26-29H2,1H3,(H,40,47)(H,41,45)(H,49,50)/b10-9-/t32-,33-,34-/m0/s1. The number of likely N-dealkylation sites (tertiary alicyclic amines) is 2. The Morgan fingerprint density at radius 1 is 0.800 bits per heavy atom. The number of carbonyl (C=O) groups excluding carboxylic acids is 4. The summed E-state index contributed by atoms with van der Waals surface area (Å²) in [4.78, 5) is 67.4. The van der Waals surface area contributed by atoms with Crippen molar-refractivity contribution in [2.24, 2.45) is 0 Å². The first-order valence-electron chi connectivity index (χ1n) is 19.0. The monoisotopic (exact) mass is 696 g/mol. The molecule has 278 valence electrons. The second kappa shape index (κ2) is 22.8. The quantitative estimate of drug-likeness (QED) is 0.0853. The fourth-order valence-corrected chi connectivity index (χ4v) is 6.91. The summed E-state index contributed by atoms with van der Waals surface area (Å²) in [6.07, 6.45) is 22.9. The molecular formula is C39H60N4O7. The van der Waals surface area contributed by atoms with Crippen molar-refractivity contribution in [3.05, 3.63) is 42.0 Å². The van der Waals surface area contributed by atoms with E-state index in [4.69, 9.17) is 0 Å². The minimum absolute atomic E-state index is 0.00404. The number of unbranched alkanes of at least 4 members (excludes halogenated alkanes) is 11. The second-order valence-corrected chi connectivity index (χ2v) is 13.8. The number of allylic oxidation sites excluding steroid dienone is 2. The summed E-state index contributed by atoms with van der Waals surface area (Å²) in [6.45, 7) is 2.76. The second-order valence-electron chi connectivity index (χ2n) is 13.8. The van der Waals surface area contributed by atoms with Crippen molar-refractivity contribution >= 4 is 29.6 Å². The molecule has 0 aromatic heterocycles. The van der Waals surface area contributed by atoms with Gasteiger partial charge in [-0.3, -0.25) is 19.2 Å². The fourth-order valence-electron chi connectivity index (χ4n) is 6.91. The van der Waals surface area contributed by atoms with E-state index in [9.17, 15) is 34.2 Å². The number of carbonyl (C=O) groups is 5. The highest BCUT2D eigenvalue weighted by Crippen LogP contribution is 2.26. The maximum atomic E-state index is 13.6. The van der Waals surface area contributed by atoms with Gasteiger partial charge < -0.3 is 30.6 Å². The maximum Gasteiger partial charge on any atom is 0.326 e. The number of phenolic OH excluding ortho intramolecular Hbond substituents is 1. The van der Waals surface area contributed by atoms with Crippen molar-refractivity contribution in [1.29, 1.82) is 0 Å². The van der Waals surface area contributed by atoms with E-state index in [1.807, 2.05) is 0 Å². The molecule has 2 aliphatic rings. The van der Waals surface area contributed by atoms with Gasteiger partial charge in [-0.25, -0.2) is 4.79 Å². The normalized spacial score (nSPS) is 18.0. The van der Waals surface area contributed by atoms with Gasteiger partial charge in [-0.05, 0) is 75.5 Å². The Hall–Kier alpha value is -3.89. The smallest absolute Gasteiger partial charge is 0.326 e. The summed E-state index contributed by atoms with van der Waals surface area (Å²) in [5.74, 6) is -2.53. The summed E-state index contributed by atoms with van der Waals surface area (Å²) in [5, 5.41) is 24.0. The summed E-state index contributed by atoms with van der Waals surface area (Å²) in [7, 11) is 0. The predicted molar refractivity (Wildman–Crippen MR) is 193 cm³/mol. The van der Waals surface area contributed by atoms with Crippen LogP contribution in [-0.4, -0.2) is 87.4 Å². The molecule has 2 aliphatic heterocycles. The number of aliphatic carboxylic acids is 1. The van der Waals surface area contributed by atoms with Gasteiger partial charge >= 0.3 is 5.97 Å². The van der Waals surface area contributed by atoms with Crippen LogP contribution < -0.4 is 10.6 Å². The van der Waals surface area contributed by atoms with Crippen LogP contribution in [0.15, 0.2) is 36.4 Å². The number of nitrogens with one attached hydrogen (secondary N) is 2. The topological polar surface area (TPSA) is 156 Å². The third-order valence-corrected chi connectivity index (χ3v) is 9.78. The van der Waals surface area contributed by atoms with Crippen LogP contribution in [0.1, 0.15) is 128 Å². The number of carboxylic acid groups (broad SMARTS) is 1. The van der Waals surface area contributed by atoms with Gasteiger partial charge in [0.1, 0.15) is 23.9 Å². The zero-order chi connectivity index (χ0) is 36.1. The lowest BCUT2D eigenvalue weighted by Gasteiger charge is -2.31. The first kappa shape index (κ1) is 40.5. The van der Waals surface area contributed by atoms with Gasteiger partial charge in [0.15, 0.2) is 0 Å². The first-order valence-corrected chi connectivity index (χ1v) is 19.0. The van der Waals surface area contributed by atoms with Crippen molar-refractivity contribution in [2.75, 3.05) is 19.6 Å². The summed E-state index contributed by atoms with van der Waals surface area (Å²) >= 11 is 0. The van der Waals surface area contributed by atoms with E-state index in [1.165, 1.54) is 68.4 Å². The van der Waals surface area contributed by atoms with E-state index in [2.05, 4.69) is 29.7 Å². The lowest BCUT2D eigenvalue weighted by atomic mass is 10.1. The Balaban J connectivity index is 1.34. The van der Waals surface area contributed by atoms with Crippen molar-refractivity contribution in [3.63, 3.8) is 0 Å². The molecule has 4 N–H and O–H groups in total. The summed E-state index contributed by atoms with van der Waals surface area (Å²) < 4.78 is 0. The van der Waals surface area contributed by atoms with Crippen LogP contribution in [0, 0.1) is 0 Å². The highest BCUT2D eigenvalue weighted by atomic mass is 16.4. The minimum atomic E-state index is -1.22. The van der Waals surface area contributed by atoms with Crippen LogP contribution in [0.3, 0.4) is 0 Å². The molecule has 50 heavy (non-hydrogen) atoms. The number of nitrogens with zero attached hydrogens (tertiary/aromatic N) is 2. The molecule has 0 spiro atoms. The Kier molecular flexibility index (Phi) is 18.4. The lowest BCUT2D eigenvalue weighted by Crippen LogP contribution is -2.54. The molecule has 4 amide bonds. The van der Waals surface area contributed by atoms with E-state index in [0.29, 0.717) is 44.3 Å². The average molecular weight is 697 g/mol. The molecule has 1 aromatic carbocycles. The molecule has 3 atom stereocenters. The molecule has 11 heteroatoms. The van der Waals surface area contributed by atoms with Crippen molar-refractivity contribution in [1.82, 2.24) is 20.4 Å². The number of amides is 4. The Morgan fingerprint density at radius 3 is 2.02 bits per heavy atom. The number of aromatic hydroxyl groups is 1. The number of hydrogen-bond acceptors (Lipinski definition) is 6. The minimum Gasteiger partial charge on any atom is -0.508 e. The number of rotatable bonds is 23. The molecule has 0 radical (unpaired) electrons. The van der Waals surface area contributed by atoms with Gasteiger partial charge in [-0.1, -0.05) is 82.6 Å². The van der Waals surface area contributed by atoms with E-state index in [-0.39, 0.29) is 24.0 Å². The first-order chi connectivity index (χ1) is 24.2. The van der Waals surface area contributed by atoms with Gasteiger partial charge in [-0.2, -0.15) is 0 Å². The third-order valence-electron chi connectivity index (χ3n) is 9.78. The SMILES string of the molecule is CCCCCCCC/C=C\CCCCCCCC(=O)N1CCC[C@H]1C(=O)N1CCC[C@H]1C(=O)NCC(=O)N[C@@H](Cc1ccc(O)cc1)C(=O)O. The predicted octanol–water partition coefficient (Wildman–Crippen LogP) is 5.64. The van der Waals surface area contributed by atoms with Crippen LogP contribution in [0.5, 0.6) is 5.75 Å². The summed E-state index contributed by atoms with van der Waals surface area (Å²) in [5.41, 5.74) is 0.617. The highest BCUT2D eigenvalue weighted by molar-refractivity contribution is 5.94. The molecule has 0 unspecified atom stereocenters. The molecule has 11 nitrogen and oxygen atoms in total. The fraction of sp³-hybridized carbons (Fsp3) is 0.667. The largest absolute Gasteiger partial charge is 0.508 e. The highest BCUT2D eigenvalue weighted by Gasteiger charge is 2.42. The number of phenols is 1. The number of hydrogen-bond donors (Lipinski definition) is 4. The number of benzene rings is 1. The van der Waals surface area contributed by atoms with Gasteiger partial charge in [0.25, 0.3) is 0 Å². The molecule has 2 heterocycles. The summed E-state index contributed by atoms with van der Waals surface area (Å²) in [6, 6.07) is 3.48. The average Bonchev–Trinajstić information content (AvgIpc) is 3.80. The van der Waals surface area contributed by atoms with Gasteiger partial charge in [-0.15, -0.1) is 0 Å². The molecule has 2 fully saturated rings. The Morgan fingerprint density at radius 2 is 1.38 bits per heavy atom. The lowest BCUT2D eigenvalue weighted by molar-refractivity contribution is -0.146. The van der Waals surface area contributed by atoms with E-state index >= 15 is 0 Å². The van der Waals surface area contributed by atoms with Crippen LogP contribution in [0.4, 0.5) is 0 Å². The number of carboxylic acids is 1. The molecule has 2 saturated heterocycles. The molecule has 0 aliphatic carbocycles. The van der Waals surface area contributed by atoms with Gasteiger partial charge in [0.05, 0.1) is 6.54 Å². The third kappa shape index (κ3) is 14.2. The van der Waals surface area contributed by atoms with Crippen molar-refractivity contribution in [3.8, 4) is 5.75 Å². The zero-order valence-corrected chi connectivity index (χ0v) is 30.1. The molecule has 0 saturated carbocycles. The molecule has 1 aromatic rings. The van der Waals surface area contributed by atoms with Gasteiger partial charge in [0.2, 0.25) is 23.6 Å². The molecule has 0 bridgehead atoms. The van der Waals surface area contributed by atoms with Crippen LogP contribution in [-0.2, 0) is 30.4 Å². The van der Waals surface area contributed by atoms with Crippen LogP contribution >= 0.6 is 0 Å². The Labute approximate surface area is 298 Å². The van der Waals surface area contributed by atoms with Crippen molar-refractivity contribution in [2.45, 2.75) is 147 Å². The van der Waals surface area contributed by atoms with Crippen LogP contribution in [0.25, 0.3) is 0 Å². The van der Waals surface area contributed by atoms with Gasteiger partial charge in [0, 0.05) is 25.9 Å². The van der Waals surface area contributed by atoms with E-state index in [1.54, 1.807) is 17.0 Å². The van der Waals surface area contributed by atoms with Crippen LogP contribution in [0.2, 0.25) is 0 Å². The molecule has 3 rings (SSSR count). The Bertz CT molecular complexity index is 1250. The maximum absolute atomic E-state index is 13.6. The zero-order valence-electron chi connectivity index (χ0n) is 30.1. The van der Waals surface area contributed by atoms with E-state index in [0.717, 1.165) is 38.5 Å². The van der Waals surface area contributed by atoms with E-state index < -0.39 is 42.5 Å².